The second kappa shape index (κ2) is 5.68. The normalized spacial score (nSPS) is 16.0. The highest BCUT2D eigenvalue weighted by atomic mass is 19.1. The van der Waals surface area contributed by atoms with Gasteiger partial charge in [0.15, 0.2) is 0 Å². The van der Waals surface area contributed by atoms with E-state index in [1.807, 2.05) is 4.90 Å². The Hall–Kier alpha value is -2.37. The van der Waals surface area contributed by atoms with Gasteiger partial charge in [0.1, 0.15) is 11.4 Å². The molecule has 6 heteroatoms. The van der Waals surface area contributed by atoms with Crippen molar-refractivity contribution in [2.24, 2.45) is 13.0 Å². The topological polar surface area (TPSA) is 62.5 Å². The first kappa shape index (κ1) is 15.5. The minimum absolute atomic E-state index is 0.0963. The van der Waals surface area contributed by atoms with E-state index in [4.69, 9.17) is 5.11 Å². The molecule has 1 saturated heterocycles. The number of benzene rings is 1. The number of anilines is 1. The summed E-state index contributed by atoms with van der Waals surface area (Å²) in [4.78, 5) is 25.4. The number of piperidine rings is 1. The Morgan fingerprint density at radius 1 is 1.30 bits per heavy atom. The third-order valence-corrected chi connectivity index (χ3v) is 4.61. The van der Waals surface area contributed by atoms with Gasteiger partial charge in [0.25, 0.3) is 0 Å². The molecule has 0 spiro atoms. The number of aryl methyl sites for hydroxylation is 1. The van der Waals surface area contributed by atoms with Gasteiger partial charge >= 0.3 is 5.97 Å². The number of fused-ring (bicyclic) bond motifs is 1. The fourth-order valence-corrected chi connectivity index (χ4v) is 3.14. The number of aromatic nitrogens is 1. The Labute approximate surface area is 132 Å². The molecule has 0 amide bonds. The number of aromatic carboxylic acids is 1. The number of nitrogens with zero attached hydrogens (tertiary/aromatic N) is 2. The van der Waals surface area contributed by atoms with Gasteiger partial charge in [-0.1, -0.05) is 6.92 Å². The molecular weight excluding hydrogens is 299 g/mol. The quantitative estimate of drug-likeness (QED) is 0.924. The van der Waals surface area contributed by atoms with E-state index in [9.17, 15) is 14.0 Å². The first-order valence-corrected chi connectivity index (χ1v) is 7.69. The van der Waals surface area contributed by atoms with Crippen LogP contribution >= 0.6 is 0 Å². The third kappa shape index (κ3) is 2.69. The summed E-state index contributed by atoms with van der Waals surface area (Å²) in [6, 6.07) is 2.81. The standard InChI is InChI=1S/C17H19FN2O3/c1-10-3-5-20(6-4-10)15-8-14-11(7-13(15)18)16(21)12(17(22)23)9-19(14)2/h7-10H,3-6H2,1-2H3,(H,22,23). The van der Waals surface area contributed by atoms with E-state index in [1.54, 1.807) is 17.7 Å². The monoisotopic (exact) mass is 318 g/mol. The summed E-state index contributed by atoms with van der Waals surface area (Å²) >= 11 is 0. The van der Waals surface area contributed by atoms with E-state index in [1.165, 1.54) is 6.20 Å². The SMILES string of the molecule is CC1CCN(c2cc3c(cc2F)c(=O)c(C(=O)O)cn3C)CC1. The van der Waals surface area contributed by atoms with Crippen molar-refractivity contribution in [3.8, 4) is 0 Å². The van der Waals surface area contributed by atoms with Crippen LogP contribution in [0.25, 0.3) is 10.9 Å². The Kier molecular flexibility index (Phi) is 3.83. The molecule has 0 radical (unpaired) electrons. The predicted octanol–water partition coefficient (Wildman–Crippen LogP) is 2.61. The van der Waals surface area contributed by atoms with Crippen molar-refractivity contribution in [2.75, 3.05) is 18.0 Å². The molecule has 0 atom stereocenters. The first-order valence-electron chi connectivity index (χ1n) is 7.69. The summed E-state index contributed by atoms with van der Waals surface area (Å²) in [7, 11) is 1.66. The predicted molar refractivity (Wildman–Crippen MR) is 86.7 cm³/mol. The van der Waals surface area contributed by atoms with Crippen molar-refractivity contribution in [1.82, 2.24) is 4.57 Å². The van der Waals surface area contributed by atoms with Crippen molar-refractivity contribution in [1.29, 1.82) is 0 Å². The summed E-state index contributed by atoms with van der Waals surface area (Å²) in [5.41, 5.74) is 0.0137. The van der Waals surface area contributed by atoms with Crippen LogP contribution in [0.4, 0.5) is 10.1 Å². The van der Waals surface area contributed by atoms with E-state index in [0.717, 1.165) is 32.0 Å². The fourth-order valence-electron chi connectivity index (χ4n) is 3.14. The van der Waals surface area contributed by atoms with Gasteiger partial charge in [-0.2, -0.15) is 0 Å². The Bertz CT molecular complexity index is 836. The van der Waals surface area contributed by atoms with Crippen LogP contribution in [0.15, 0.2) is 23.1 Å². The molecule has 5 nitrogen and oxygen atoms in total. The van der Waals surface area contributed by atoms with Gasteiger partial charge in [0.2, 0.25) is 5.43 Å². The molecule has 1 aliphatic rings. The maximum absolute atomic E-state index is 14.5. The Balaban J connectivity index is 2.15. The summed E-state index contributed by atoms with van der Waals surface area (Å²) in [5, 5.41) is 9.18. The van der Waals surface area contributed by atoms with Gasteiger partial charge in [-0.15, -0.1) is 0 Å². The Morgan fingerprint density at radius 3 is 2.57 bits per heavy atom. The lowest BCUT2D eigenvalue weighted by Gasteiger charge is -2.32. The van der Waals surface area contributed by atoms with Gasteiger partial charge < -0.3 is 14.6 Å². The number of rotatable bonds is 2. The van der Waals surface area contributed by atoms with Crippen LogP contribution in [-0.2, 0) is 7.05 Å². The van der Waals surface area contributed by atoms with Crippen molar-refractivity contribution in [3.63, 3.8) is 0 Å². The molecule has 0 saturated carbocycles. The molecule has 2 aromatic rings. The van der Waals surface area contributed by atoms with Crippen molar-refractivity contribution in [3.05, 3.63) is 39.9 Å². The van der Waals surface area contributed by atoms with Gasteiger partial charge in [-0.05, 0) is 30.9 Å². The molecule has 1 fully saturated rings. The number of carbonyl (C=O) groups is 1. The fraction of sp³-hybridized carbons (Fsp3) is 0.412. The maximum Gasteiger partial charge on any atom is 0.341 e. The summed E-state index contributed by atoms with van der Waals surface area (Å²) in [6.07, 6.45) is 3.30. The third-order valence-electron chi connectivity index (χ3n) is 4.61. The lowest BCUT2D eigenvalue weighted by Crippen LogP contribution is -2.33. The molecule has 122 valence electrons. The van der Waals surface area contributed by atoms with Gasteiger partial charge in [-0.3, -0.25) is 4.79 Å². The second-order valence-corrected chi connectivity index (χ2v) is 6.28. The van der Waals surface area contributed by atoms with Gasteiger partial charge in [0.05, 0.1) is 11.2 Å². The molecule has 1 aromatic heterocycles. The molecule has 3 rings (SSSR count). The van der Waals surface area contributed by atoms with Crippen LogP contribution in [0, 0.1) is 11.7 Å². The Morgan fingerprint density at radius 2 is 1.96 bits per heavy atom. The molecule has 0 unspecified atom stereocenters. The van der Waals surface area contributed by atoms with Crippen LogP contribution in [0.2, 0.25) is 0 Å². The lowest BCUT2D eigenvalue weighted by atomic mass is 9.98. The van der Waals surface area contributed by atoms with E-state index in [0.29, 0.717) is 17.1 Å². The van der Waals surface area contributed by atoms with Crippen molar-refractivity contribution < 1.29 is 14.3 Å². The minimum atomic E-state index is -1.30. The molecule has 1 aliphatic heterocycles. The average molecular weight is 318 g/mol. The molecule has 0 bridgehead atoms. The number of halogens is 1. The minimum Gasteiger partial charge on any atom is -0.477 e. The number of carboxylic acids is 1. The molecule has 1 aromatic carbocycles. The maximum atomic E-state index is 14.5. The van der Waals surface area contributed by atoms with Crippen molar-refractivity contribution in [2.45, 2.75) is 19.8 Å². The van der Waals surface area contributed by atoms with Crippen LogP contribution < -0.4 is 10.3 Å². The molecule has 1 N–H and O–H groups in total. The second-order valence-electron chi connectivity index (χ2n) is 6.28. The zero-order valence-electron chi connectivity index (χ0n) is 13.2. The summed E-state index contributed by atoms with van der Waals surface area (Å²) in [6.45, 7) is 3.75. The number of pyridine rings is 1. The van der Waals surface area contributed by atoms with Crippen LogP contribution in [0.5, 0.6) is 0 Å². The van der Waals surface area contributed by atoms with Crippen LogP contribution in [0.3, 0.4) is 0 Å². The first-order chi connectivity index (χ1) is 10.9. The highest BCUT2D eigenvalue weighted by Crippen LogP contribution is 2.28. The molecular formula is C17H19FN2O3. The van der Waals surface area contributed by atoms with E-state index in [-0.39, 0.29) is 10.9 Å². The zero-order chi connectivity index (χ0) is 16.7. The van der Waals surface area contributed by atoms with E-state index < -0.39 is 17.2 Å². The smallest absolute Gasteiger partial charge is 0.341 e. The summed E-state index contributed by atoms with van der Waals surface area (Å²) in [5.74, 6) is -1.15. The molecule has 0 aliphatic carbocycles. The van der Waals surface area contributed by atoms with E-state index in [2.05, 4.69) is 6.92 Å². The van der Waals surface area contributed by atoms with Crippen LogP contribution in [0.1, 0.15) is 30.1 Å². The highest BCUT2D eigenvalue weighted by molar-refractivity contribution is 5.93. The average Bonchev–Trinajstić information content (AvgIpc) is 2.51. The largest absolute Gasteiger partial charge is 0.477 e. The number of hydrogen-bond acceptors (Lipinski definition) is 3. The van der Waals surface area contributed by atoms with Gasteiger partial charge in [0, 0.05) is 31.7 Å². The summed E-state index contributed by atoms with van der Waals surface area (Å²) < 4.78 is 16.1. The number of hydrogen-bond donors (Lipinski definition) is 1. The van der Waals surface area contributed by atoms with Crippen LogP contribution in [-0.4, -0.2) is 28.7 Å². The number of carboxylic acid groups (broad SMARTS) is 1. The van der Waals surface area contributed by atoms with Crippen molar-refractivity contribution >= 4 is 22.6 Å². The highest BCUT2D eigenvalue weighted by Gasteiger charge is 2.21. The van der Waals surface area contributed by atoms with E-state index >= 15 is 0 Å². The molecule has 2 heterocycles. The molecule has 23 heavy (non-hydrogen) atoms. The van der Waals surface area contributed by atoms with Gasteiger partial charge in [-0.25, -0.2) is 9.18 Å². The lowest BCUT2D eigenvalue weighted by molar-refractivity contribution is 0.0695. The zero-order valence-corrected chi connectivity index (χ0v) is 13.2.